The van der Waals surface area contributed by atoms with Crippen LogP contribution in [0, 0.1) is 0 Å². The van der Waals surface area contributed by atoms with Gasteiger partial charge < -0.3 is 30.1 Å². The molecule has 0 aromatic heterocycles. The highest BCUT2D eigenvalue weighted by Gasteiger charge is 2.36. The smallest absolute Gasteiger partial charge is 0.408 e. The molecule has 3 N–H and O–H groups in total. The molecule has 0 bridgehead atoms. The van der Waals surface area contributed by atoms with Gasteiger partial charge in [0.2, 0.25) is 5.91 Å². The van der Waals surface area contributed by atoms with E-state index in [2.05, 4.69) is 17.6 Å². The second kappa shape index (κ2) is 16.4. The predicted molar refractivity (Wildman–Crippen MR) is 172 cm³/mol. The van der Waals surface area contributed by atoms with Crippen LogP contribution in [-0.4, -0.2) is 53.2 Å². The molecule has 0 saturated heterocycles. The number of alkyl carbamates (subject to hydrolysis) is 1. The summed E-state index contributed by atoms with van der Waals surface area (Å²) in [7, 11) is 1.56. The molecular weight excluding hydrogens is 558 g/mol. The number of phenols is 1. The summed E-state index contributed by atoms with van der Waals surface area (Å²) in [5.74, 6) is -0.289. The number of unbranched alkanes of at least 4 members (excludes halogenated alkanes) is 3. The average molecular weight is 604 g/mol. The first-order chi connectivity index (χ1) is 21.0. The van der Waals surface area contributed by atoms with Crippen LogP contribution in [0.15, 0.2) is 78.9 Å². The van der Waals surface area contributed by atoms with Crippen LogP contribution in [0.25, 0.3) is 0 Å². The third-order valence-corrected chi connectivity index (χ3v) is 6.91. The van der Waals surface area contributed by atoms with Crippen molar-refractivity contribution in [1.82, 2.24) is 10.2 Å². The number of amides is 3. The van der Waals surface area contributed by atoms with Gasteiger partial charge in [-0.05, 0) is 74.7 Å². The van der Waals surface area contributed by atoms with Gasteiger partial charge in [-0.15, -0.1) is 0 Å². The molecule has 3 aromatic carbocycles. The van der Waals surface area contributed by atoms with E-state index in [-0.39, 0.29) is 18.7 Å². The maximum atomic E-state index is 14.5. The number of nitrogens with zero attached hydrogens (tertiary/aromatic N) is 1. The van der Waals surface area contributed by atoms with Gasteiger partial charge in [0.1, 0.15) is 29.2 Å². The first kappa shape index (κ1) is 34.0. The lowest BCUT2D eigenvalue weighted by molar-refractivity contribution is -0.140. The van der Waals surface area contributed by atoms with Crippen molar-refractivity contribution in [2.75, 3.05) is 19.0 Å². The Morgan fingerprint density at radius 3 is 2.23 bits per heavy atom. The van der Waals surface area contributed by atoms with E-state index >= 15 is 0 Å². The number of ether oxygens (including phenoxy) is 2. The van der Waals surface area contributed by atoms with Gasteiger partial charge in [-0.1, -0.05) is 68.7 Å². The second-order valence-corrected chi connectivity index (χ2v) is 11.7. The van der Waals surface area contributed by atoms with Crippen molar-refractivity contribution < 1.29 is 29.0 Å². The Hall–Kier alpha value is -4.53. The van der Waals surface area contributed by atoms with E-state index in [0.29, 0.717) is 23.4 Å². The van der Waals surface area contributed by atoms with E-state index in [9.17, 15) is 19.5 Å². The molecule has 2 atom stereocenters. The molecule has 0 aliphatic carbocycles. The van der Waals surface area contributed by atoms with Crippen LogP contribution in [0.1, 0.15) is 70.5 Å². The summed E-state index contributed by atoms with van der Waals surface area (Å²) in [5.41, 5.74) is 1.03. The third kappa shape index (κ3) is 10.6. The van der Waals surface area contributed by atoms with Crippen molar-refractivity contribution in [1.29, 1.82) is 0 Å². The first-order valence-electron chi connectivity index (χ1n) is 15.1. The molecule has 0 aliphatic heterocycles. The number of nitrogens with one attached hydrogen (secondary N) is 2. The van der Waals surface area contributed by atoms with Crippen molar-refractivity contribution in [3.63, 3.8) is 0 Å². The number of aromatic hydroxyl groups is 1. The van der Waals surface area contributed by atoms with Crippen LogP contribution in [-0.2, 0) is 20.7 Å². The first-order valence-corrected chi connectivity index (χ1v) is 15.1. The number of phenolic OH excluding ortho intramolecular Hbond substituents is 1. The zero-order valence-electron chi connectivity index (χ0n) is 26.3. The van der Waals surface area contributed by atoms with Gasteiger partial charge in [0.05, 0.1) is 7.11 Å². The summed E-state index contributed by atoms with van der Waals surface area (Å²) in [6, 6.07) is 20.5. The molecule has 2 unspecified atom stereocenters. The van der Waals surface area contributed by atoms with E-state index in [4.69, 9.17) is 9.47 Å². The van der Waals surface area contributed by atoms with Crippen LogP contribution in [0.4, 0.5) is 10.5 Å². The summed E-state index contributed by atoms with van der Waals surface area (Å²) in [4.78, 5) is 43.1. The van der Waals surface area contributed by atoms with Crippen LogP contribution in [0.2, 0.25) is 0 Å². The molecule has 0 heterocycles. The van der Waals surface area contributed by atoms with Crippen LogP contribution >= 0.6 is 0 Å². The molecule has 3 aromatic rings. The van der Waals surface area contributed by atoms with E-state index < -0.39 is 35.6 Å². The molecule has 9 heteroatoms. The summed E-state index contributed by atoms with van der Waals surface area (Å²) in [6.45, 7) is 7.62. The Kier molecular flexibility index (Phi) is 12.6. The van der Waals surface area contributed by atoms with Gasteiger partial charge in [0.15, 0.2) is 0 Å². The largest absolute Gasteiger partial charge is 0.508 e. The van der Waals surface area contributed by atoms with Gasteiger partial charge in [0, 0.05) is 18.7 Å². The van der Waals surface area contributed by atoms with Gasteiger partial charge in [0.25, 0.3) is 5.91 Å². The second-order valence-electron chi connectivity index (χ2n) is 11.7. The highest BCUT2D eigenvalue weighted by atomic mass is 16.6. The molecule has 0 saturated carbocycles. The van der Waals surface area contributed by atoms with Crippen LogP contribution < -0.4 is 15.4 Å². The van der Waals surface area contributed by atoms with Crippen molar-refractivity contribution in [3.8, 4) is 11.5 Å². The summed E-state index contributed by atoms with van der Waals surface area (Å²) >= 11 is 0. The van der Waals surface area contributed by atoms with E-state index in [1.54, 1.807) is 64.3 Å². The monoisotopic (exact) mass is 603 g/mol. The molecule has 3 rings (SSSR count). The number of hydrogen-bond donors (Lipinski definition) is 3. The lowest BCUT2D eigenvalue weighted by Gasteiger charge is -2.34. The highest BCUT2D eigenvalue weighted by molar-refractivity contribution is 5.99. The summed E-state index contributed by atoms with van der Waals surface area (Å²) < 4.78 is 10.7. The standard InChI is InChI=1S/C35H45N3O6/c1-6-7-8-12-22-38(33(41)30(23-25-14-10-9-11-15-25)37-34(42)44-35(2,3)4)31(26-16-13-17-28(39)24-26)32(40)36-27-18-20-29(43-5)21-19-27/h9-11,13-21,24,30-31,39H,6-8,12,22-23H2,1-5H3,(H,36,40)(H,37,42). The minimum atomic E-state index is -1.10. The fraction of sp³-hybridized carbons (Fsp3) is 0.400. The number of methoxy groups -OCH3 is 1. The summed E-state index contributed by atoms with van der Waals surface area (Å²) in [6.07, 6.45) is 2.94. The van der Waals surface area contributed by atoms with Gasteiger partial charge >= 0.3 is 6.09 Å². The minimum Gasteiger partial charge on any atom is -0.508 e. The fourth-order valence-electron chi connectivity index (χ4n) is 4.83. The van der Waals surface area contributed by atoms with Crippen molar-refractivity contribution >= 4 is 23.6 Å². The van der Waals surface area contributed by atoms with E-state index in [1.165, 1.54) is 17.0 Å². The Labute approximate surface area is 260 Å². The Balaban J connectivity index is 2.05. The zero-order valence-corrected chi connectivity index (χ0v) is 26.3. The van der Waals surface area contributed by atoms with Crippen molar-refractivity contribution in [2.24, 2.45) is 0 Å². The number of hydrogen-bond acceptors (Lipinski definition) is 6. The van der Waals surface area contributed by atoms with Gasteiger partial charge in [-0.3, -0.25) is 9.59 Å². The number of rotatable bonds is 14. The molecule has 0 fully saturated rings. The normalized spacial score (nSPS) is 12.5. The Morgan fingerprint density at radius 1 is 0.909 bits per heavy atom. The fourth-order valence-corrected chi connectivity index (χ4v) is 4.83. The molecule has 0 radical (unpaired) electrons. The predicted octanol–water partition coefficient (Wildman–Crippen LogP) is 6.63. The maximum Gasteiger partial charge on any atom is 0.408 e. The molecule has 9 nitrogen and oxygen atoms in total. The van der Waals surface area contributed by atoms with E-state index in [0.717, 1.165) is 24.8 Å². The van der Waals surface area contributed by atoms with Crippen molar-refractivity contribution in [2.45, 2.75) is 77.5 Å². The third-order valence-electron chi connectivity index (χ3n) is 6.91. The number of carbonyl (C=O) groups is 3. The van der Waals surface area contributed by atoms with Crippen LogP contribution in [0.5, 0.6) is 11.5 Å². The number of carbonyl (C=O) groups excluding carboxylic acids is 3. The highest BCUT2D eigenvalue weighted by Crippen LogP contribution is 2.28. The molecule has 3 amide bonds. The Bertz CT molecular complexity index is 1350. The zero-order chi connectivity index (χ0) is 32.1. The molecule has 0 aliphatic rings. The number of benzene rings is 3. The maximum absolute atomic E-state index is 14.5. The molecule has 0 spiro atoms. The lowest BCUT2D eigenvalue weighted by atomic mass is 9.99. The quantitative estimate of drug-likeness (QED) is 0.178. The number of anilines is 1. The van der Waals surface area contributed by atoms with Crippen molar-refractivity contribution in [3.05, 3.63) is 90.0 Å². The SMILES string of the molecule is CCCCCCN(C(=O)C(Cc1ccccc1)NC(=O)OC(C)(C)C)C(C(=O)Nc1ccc(OC)cc1)c1cccc(O)c1. The topological polar surface area (TPSA) is 117 Å². The lowest BCUT2D eigenvalue weighted by Crippen LogP contribution is -2.53. The Morgan fingerprint density at radius 2 is 1.61 bits per heavy atom. The van der Waals surface area contributed by atoms with Gasteiger partial charge in [-0.2, -0.15) is 0 Å². The minimum absolute atomic E-state index is 0.0316. The van der Waals surface area contributed by atoms with Crippen LogP contribution in [0.3, 0.4) is 0 Å². The molecule has 236 valence electrons. The molecule has 44 heavy (non-hydrogen) atoms. The van der Waals surface area contributed by atoms with Gasteiger partial charge in [-0.25, -0.2) is 4.79 Å². The average Bonchev–Trinajstić information content (AvgIpc) is 2.98. The van der Waals surface area contributed by atoms with E-state index in [1.807, 2.05) is 30.3 Å². The molecular formula is C35H45N3O6. The summed E-state index contributed by atoms with van der Waals surface area (Å²) in [5, 5.41) is 16.1.